The van der Waals surface area contributed by atoms with Crippen molar-refractivity contribution in [2.45, 2.75) is 12.7 Å². The summed E-state index contributed by atoms with van der Waals surface area (Å²) >= 11 is 0. The summed E-state index contributed by atoms with van der Waals surface area (Å²) in [5.41, 5.74) is 2.27. The molecule has 1 aromatic carbocycles. The number of rotatable bonds is 4. The Bertz CT molecular complexity index is 460. The molecule has 1 fully saturated rings. The zero-order valence-electron chi connectivity index (χ0n) is 10.8. The van der Waals surface area contributed by atoms with Crippen molar-refractivity contribution < 1.29 is 19.4 Å². The van der Waals surface area contributed by atoms with Crippen molar-refractivity contribution in [3.05, 3.63) is 29.3 Å². The first-order chi connectivity index (χ1) is 8.51. The molecule has 0 amide bonds. The van der Waals surface area contributed by atoms with Gasteiger partial charge in [0.05, 0.1) is 18.7 Å². The monoisotopic (exact) mass is 251 g/mol. The van der Waals surface area contributed by atoms with E-state index in [0.717, 1.165) is 11.3 Å². The molecule has 0 saturated carbocycles. The first-order valence-corrected chi connectivity index (χ1v) is 5.70. The van der Waals surface area contributed by atoms with E-state index in [0.29, 0.717) is 18.7 Å². The van der Waals surface area contributed by atoms with Gasteiger partial charge in [-0.1, -0.05) is 0 Å². The minimum Gasteiger partial charge on any atom is -0.478 e. The van der Waals surface area contributed by atoms with E-state index in [9.17, 15) is 4.79 Å². The Labute approximate surface area is 106 Å². The highest BCUT2D eigenvalue weighted by molar-refractivity contribution is 5.88. The van der Waals surface area contributed by atoms with E-state index < -0.39 is 11.8 Å². The quantitative estimate of drug-likeness (QED) is 0.822. The van der Waals surface area contributed by atoms with Crippen LogP contribution in [0.3, 0.4) is 0 Å². The predicted octanol–water partition coefficient (Wildman–Crippen LogP) is 1.50. The van der Waals surface area contributed by atoms with Gasteiger partial charge < -0.3 is 19.5 Å². The largest absolute Gasteiger partial charge is 0.478 e. The van der Waals surface area contributed by atoms with Crippen LogP contribution in [-0.4, -0.2) is 44.2 Å². The second-order valence-corrected chi connectivity index (χ2v) is 4.48. The zero-order valence-corrected chi connectivity index (χ0v) is 10.8. The van der Waals surface area contributed by atoms with Gasteiger partial charge in [-0.25, -0.2) is 4.79 Å². The molecule has 1 saturated heterocycles. The minimum atomic E-state index is -0.906. The minimum absolute atomic E-state index is 0.307. The first-order valence-electron chi connectivity index (χ1n) is 5.70. The van der Waals surface area contributed by atoms with E-state index in [-0.39, 0.29) is 0 Å². The van der Waals surface area contributed by atoms with Crippen LogP contribution in [0.25, 0.3) is 0 Å². The number of ether oxygens (including phenoxy) is 2. The average molecular weight is 251 g/mol. The standard InChI is InChI=1S/C13H17NO4/c1-9-6-10(12(15)16)4-5-11(9)14-7-13(8-14,17-2)18-3/h4-6H,7-8H2,1-3H3,(H,15,16). The summed E-state index contributed by atoms with van der Waals surface area (Å²) in [4.78, 5) is 13.0. The Morgan fingerprint density at radius 1 is 1.33 bits per heavy atom. The lowest BCUT2D eigenvalue weighted by Crippen LogP contribution is -2.64. The molecule has 0 radical (unpaired) electrons. The third kappa shape index (κ3) is 2.07. The molecule has 0 bridgehead atoms. The van der Waals surface area contributed by atoms with Crippen molar-refractivity contribution >= 4 is 11.7 Å². The van der Waals surface area contributed by atoms with Crippen molar-refractivity contribution in [3.63, 3.8) is 0 Å². The Morgan fingerprint density at radius 2 is 1.94 bits per heavy atom. The average Bonchev–Trinajstić information content (AvgIpc) is 2.30. The summed E-state index contributed by atoms with van der Waals surface area (Å²) < 4.78 is 10.6. The molecule has 1 heterocycles. The molecule has 0 aromatic heterocycles. The Hall–Kier alpha value is -1.59. The zero-order chi connectivity index (χ0) is 13.3. The highest BCUT2D eigenvalue weighted by Crippen LogP contribution is 2.32. The van der Waals surface area contributed by atoms with Gasteiger partial charge in [0.25, 0.3) is 0 Å². The third-order valence-corrected chi connectivity index (χ3v) is 3.39. The highest BCUT2D eigenvalue weighted by Gasteiger charge is 2.44. The van der Waals surface area contributed by atoms with Crippen molar-refractivity contribution in [2.75, 3.05) is 32.2 Å². The number of carboxylic acids is 1. The normalized spacial score (nSPS) is 17.4. The lowest BCUT2D eigenvalue weighted by Gasteiger charge is -2.49. The smallest absolute Gasteiger partial charge is 0.335 e. The summed E-state index contributed by atoms with van der Waals surface area (Å²) in [5, 5.41) is 8.92. The molecule has 0 unspecified atom stereocenters. The van der Waals surface area contributed by atoms with Gasteiger partial charge in [0.15, 0.2) is 0 Å². The maximum atomic E-state index is 10.9. The predicted molar refractivity (Wildman–Crippen MR) is 67.1 cm³/mol. The Kier molecular flexibility index (Phi) is 3.28. The van der Waals surface area contributed by atoms with Crippen molar-refractivity contribution in [3.8, 4) is 0 Å². The van der Waals surface area contributed by atoms with Crippen LogP contribution in [0, 0.1) is 6.92 Å². The molecule has 0 spiro atoms. The van der Waals surface area contributed by atoms with Gasteiger partial charge in [-0.2, -0.15) is 0 Å². The summed E-state index contributed by atoms with van der Waals surface area (Å²) in [6, 6.07) is 5.12. The number of methoxy groups -OCH3 is 2. The Morgan fingerprint density at radius 3 is 2.39 bits per heavy atom. The number of carboxylic acid groups (broad SMARTS) is 1. The third-order valence-electron chi connectivity index (χ3n) is 3.39. The molecule has 5 heteroatoms. The van der Waals surface area contributed by atoms with Crippen molar-refractivity contribution in [1.29, 1.82) is 0 Å². The van der Waals surface area contributed by atoms with Crippen molar-refractivity contribution in [1.82, 2.24) is 0 Å². The van der Waals surface area contributed by atoms with Crippen LogP contribution in [-0.2, 0) is 9.47 Å². The maximum Gasteiger partial charge on any atom is 0.335 e. The highest BCUT2D eigenvalue weighted by atomic mass is 16.7. The number of hydrogen-bond acceptors (Lipinski definition) is 4. The molecule has 2 rings (SSSR count). The molecule has 5 nitrogen and oxygen atoms in total. The second-order valence-electron chi connectivity index (χ2n) is 4.48. The number of anilines is 1. The molecular formula is C13H17NO4. The number of aryl methyl sites for hydroxylation is 1. The molecule has 98 valence electrons. The van der Waals surface area contributed by atoms with E-state index >= 15 is 0 Å². The van der Waals surface area contributed by atoms with Crippen LogP contribution in [0.1, 0.15) is 15.9 Å². The molecular weight excluding hydrogens is 234 g/mol. The number of hydrogen-bond donors (Lipinski definition) is 1. The second kappa shape index (κ2) is 4.59. The summed E-state index contributed by atoms with van der Waals surface area (Å²) in [7, 11) is 3.25. The maximum absolute atomic E-state index is 10.9. The number of aromatic carboxylic acids is 1. The molecule has 1 aliphatic heterocycles. The summed E-state index contributed by atoms with van der Waals surface area (Å²) in [6.45, 7) is 3.20. The molecule has 1 aromatic rings. The van der Waals surface area contributed by atoms with E-state index in [1.807, 2.05) is 13.0 Å². The van der Waals surface area contributed by atoms with Gasteiger partial charge in [-0.15, -0.1) is 0 Å². The van der Waals surface area contributed by atoms with Gasteiger partial charge >= 0.3 is 5.97 Å². The van der Waals surface area contributed by atoms with Crippen molar-refractivity contribution in [2.24, 2.45) is 0 Å². The topological polar surface area (TPSA) is 59.0 Å². The summed E-state index contributed by atoms with van der Waals surface area (Å²) in [6.07, 6.45) is 0. The van der Waals surface area contributed by atoms with Crippen LogP contribution in [0.2, 0.25) is 0 Å². The molecule has 0 atom stereocenters. The van der Waals surface area contributed by atoms with Crippen LogP contribution in [0.5, 0.6) is 0 Å². The van der Waals surface area contributed by atoms with Gasteiger partial charge in [0, 0.05) is 19.9 Å². The number of benzene rings is 1. The number of carbonyl (C=O) groups is 1. The lowest BCUT2D eigenvalue weighted by molar-refractivity contribution is -0.219. The van der Waals surface area contributed by atoms with Crippen LogP contribution in [0.4, 0.5) is 5.69 Å². The Balaban J connectivity index is 2.15. The number of nitrogens with zero attached hydrogens (tertiary/aromatic N) is 1. The molecule has 1 N–H and O–H groups in total. The molecule has 18 heavy (non-hydrogen) atoms. The van der Waals surface area contributed by atoms with Crippen LogP contribution < -0.4 is 4.90 Å². The van der Waals surface area contributed by atoms with E-state index in [2.05, 4.69) is 4.90 Å². The molecule has 1 aliphatic rings. The fraction of sp³-hybridized carbons (Fsp3) is 0.462. The SMILES string of the molecule is COC1(OC)CN(c2ccc(C(=O)O)cc2C)C1. The van der Waals surface area contributed by atoms with Gasteiger partial charge in [-0.05, 0) is 30.7 Å². The van der Waals surface area contributed by atoms with Crippen LogP contribution in [0.15, 0.2) is 18.2 Å². The van der Waals surface area contributed by atoms with Crippen LogP contribution >= 0.6 is 0 Å². The summed E-state index contributed by atoms with van der Waals surface area (Å²) in [5.74, 6) is -1.44. The van der Waals surface area contributed by atoms with E-state index in [1.165, 1.54) is 0 Å². The van der Waals surface area contributed by atoms with E-state index in [1.54, 1.807) is 26.4 Å². The van der Waals surface area contributed by atoms with E-state index in [4.69, 9.17) is 14.6 Å². The van der Waals surface area contributed by atoms with Gasteiger partial charge in [0.2, 0.25) is 5.79 Å². The van der Waals surface area contributed by atoms with Gasteiger partial charge in [-0.3, -0.25) is 0 Å². The lowest BCUT2D eigenvalue weighted by atomic mass is 10.0. The molecule has 0 aliphatic carbocycles. The fourth-order valence-corrected chi connectivity index (χ4v) is 2.19. The van der Waals surface area contributed by atoms with Gasteiger partial charge in [0.1, 0.15) is 0 Å². The fourth-order valence-electron chi connectivity index (χ4n) is 2.19. The first kappa shape index (κ1) is 12.9.